The molecule has 1 amide bonds. The fraction of sp³-hybridized carbons (Fsp3) is 0.208. The molecular weight excluding hydrogens is 606 g/mol. The first-order chi connectivity index (χ1) is 17.5. The first-order valence-electron chi connectivity index (χ1n) is 10.6. The molecule has 2 heterocycles. The highest BCUT2D eigenvalue weighted by molar-refractivity contribution is 8.01. The average Bonchev–Trinajstić information content (AvgIpc) is 3.41. The summed E-state index contributed by atoms with van der Waals surface area (Å²) in [6, 6.07) is 9.12. The molecule has 0 aliphatic rings. The number of halogens is 6. The topological polar surface area (TPSA) is 54.9 Å². The van der Waals surface area contributed by atoms with Crippen molar-refractivity contribution in [3.63, 3.8) is 0 Å². The van der Waals surface area contributed by atoms with Gasteiger partial charge in [-0.2, -0.15) is 13.2 Å². The molecule has 4 aromatic rings. The van der Waals surface area contributed by atoms with Crippen LogP contribution in [0.1, 0.15) is 32.1 Å². The molecular formula is C24H17Cl3F3N3OS3. The van der Waals surface area contributed by atoms with Crippen molar-refractivity contribution in [1.82, 2.24) is 9.97 Å². The number of alkyl halides is 3. The molecule has 0 radical (unpaired) electrons. The summed E-state index contributed by atoms with van der Waals surface area (Å²) >= 11 is 22.0. The number of thioether (sulfide) groups is 1. The van der Waals surface area contributed by atoms with Gasteiger partial charge in [0.2, 0.25) is 5.91 Å². The monoisotopic (exact) mass is 621 g/mol. The van der Waals surface area contributed by atoms with E-state index < -0.39 is 11.7 Å². The van der Waals surface area contributed by atoms with Crippen molar-refractivity contribution in [2.24, 2.45) is 0 Å². The van der Waals surface area contributed by atoms with E-state index in [0.717, 1.165) is 26.5 Å². The van der Waals surface area contributed by atoms with E-state index in [2.05, 4.69) is 15.3 Å². The zero-order chi connectivity index (χ0) is 26.7. The first kappa shape index (κ1) is 28.2. The number of benzene rings is 2. The van der Waals surface area contributed by atoms with Crippen LogP contribution in [0.4, 0.5) is 18.3 Å². The minimum atomic E-state index is -4.53. The minimum absolute atomic E-state index is 0.130. The lowest BCUT2D eigenvalue weighted by molar-refractivity contribution is -0.137. The molecule has 0 aliphatic carbocycles. The van der Waals surface area contributed by atoms with Crippen molar-refractivity contribution in [3.05, 3.63) is 89.8 Å². The molecule has 2 aromatic carbocycles. The molecule has 194 valence electrons. The summed E-state index contributed by atoms with van der Waals surface area (Å²) in [6.45, 7) is 1.91. The number of hydrogen-bond acceptors (Lipinski definition) is 6. The molecule has 1 N–H and O–H groups in total. The van der Waals surface area contributed by atoms with E-state index in [0.29, 0.717) is 32.0 Å². The number of thiazole rings is 2. The minimum Gasteiger partial charge on any atom is -0.301 e. The Bertz CT molecular complexity index is 1440. The van der Waals surface area contributed by atoms with Crippen LogP contribution in [-0.2, 0) is 23.8 Å². The maximum Gasteiger partial charge on any atom is 0.417 e. The van der Waals surface area contributed by atoms with Gasteiger partial charge in [-0.25, -0.2) is 9.97 Å². The fourth-order valence-corrected chi connectivity index (χ4v) is 6.83. The summed E-state index contributed by atoms with van der Waals surface area (Å²) in [5.41, 5.74) is 1.34. The Morgan fingerprint density at radius 3 is 2.57 bits per heavy atom. The lowest BCUT2D eigenvalue weighted by atomic mass is 10.1. The van der Waals surface area contributed by atoms with Crippen LogP contribution >= 0.6 is 69.2 Å². The normalized spacial score (nSPS) is 11.6. The summed E-state index contributed by atoms with van der Waals surface area (Å²) in [6.07, 6.45) is -2.17. The summed E-state index contributed by atoms with van der Waals surface area (Å²) in [4.78, 5) is 22.9. The van der Waals surface area contributed by atoms with Crippen LogP contribution in [-0.4, -0.2) is 21.6 Å². The highest BCUT2D eigenvalue weighted by atomic mass is 35.5. The number of aryl methyl sites for hydroxylation is 1. The van der Waals surface area contributed by atoms with Gasteiger partial charge < -0.3 is 5.32 Å². The van der Waals surface area contributed by atoms with Gasteiger partial charge in [0.25, 0.3) is 0 Å². The van der Waals surface area contributed by atoms with Crippen LogP contribution in [0.2, 0.25) is 15.1 Å². The zero-order valence-electron chi connectivity index (χ0n) is 19.0. The Hall–Kier alpha value is -1.82. The number of nitrogens with one attached hydrogen (secondary N) is 1. The average molecular weight is 623 g/mol. The molecule has 2 aromatic heterocycles. The first-order valence-corrected chi connectivity index (χ1v) is 14.4. The molecule has 0 saturated heterocycles. The van der Waals surface area contributed by atoms with E-state index in [1.807, 2.05) is 13.0 Å². The van der Waals surface area contributed by atoms with E-state index in [1.54, 1.807) is 12.1 Å². The number of carbonyl (C=O) groups is 1. The molecule has 0 bridgehead atoms. The van der Waals surface area contributed by atoms with Gasteiger partial charge in [-0.05, 0) is 48.4 Å². The van der Waals surface area contributed by atoms with Gasteiger partial charge in [-0.1, -0.05) is 52.6 Å². The summed E-state index contributed by atoms with van der Waals surface area (Å²) in [7, 11) is 0. The smallest absolute Gasteiger partial charge is 0.301 e. The molecule has 37 heavy (non-hydrogen) atoms. The van der Waals surface area contributed by atoms with Crippen molar-refractivity contribution in [3.8, 4) is 0 Å². The number of anilines is 1. The SMILES string of the molecule is Cc1nc(SCC(=O)Nc2ncc(Cc3ccc(Cl)c(C(F)(F)F)c3)s2)sc1Cc1cc(Cl)ccc1Cl. The predicted octanol–water partition coefficient (Wildman–Crippen LogP) is 8.80. The van der Waals surface area contributed by atoms with Gasteiger partial charge >= 0.3 is 6.18 Å². The van der Waals surface area contributed by atoms with Crippen LogP contribution < -0.4 is 5.32 Å². The number of hydrogen-bond donors (Lipinski definition) is 1. The van der Waals surface area contributed by atoms with Gasteiger partial charge in [-0.3, -0.25) is 4.79 Å². The molecule has 13 heteroatoms. The maximum atomic E-state index is 13.1. The largest absolute Gasteiger partial charge is 0.417 e. The Labute approximate surface area is 238 Å². The second-order valence-corrected chi connectivity index (χ2v) is 12.5. The Morgan fingerprint density at radius 1 is 1.05 bits per heavy atom. The molecule has 0 saturated carbocycles. The molecule has 0 fully saturated rings. The van der Waals surface area contributed by atoms with Gasteiger partial charge in [-0.15, -0.1) is 22.7 Å². The maximum absolute atomic E-state index is 13.1. The van der Waals surface area contributed by atoms with Gasteiger partial charge in [0.1, 0.15) is 0 Å². The van der Waals surface area contributed by atoms with Gasteiger partial charge in [0.05, 0.1) is 22.0 Å². The predicted molar refractivity (Wildman–Crippen MR) is 147 cm³/mol. The van der Waals surface area contributed by atoms with Crippen molar-refractivity contribution < 1.29 is 18.0 Å². The number of carbonyl (C=O) groups excluding carboxylic acids is 1. The number of nitrogens with zero attached hydrogens (tertiary/aromatic N) is 2. The van der Waals surface area contributed by atoms with Crippen molar-refractivity contribution in [2.75, 3.05) is 11.1 Å². The molecule has 0 unspecified atom stereocenters. The fourth-order valence-electron chi connectivity index (χ4n) is 3.31. The van der Waals surface area contributed by atoms with Crippen LogP contribution in [0.3, 0.4) is 0 Å². The lowest BCUT2D eigenvalue weighted by Crippen LogP contribution is -2.13. The van der Waals surface area contributed by atoms with E-state index in [9.17, 15) is 18.0 Å². The van der Waals surface area contributed by atoms with Crippen LogP contribution in [0, 0.1) is 6.92 Å². The quantitative estimate of drug-likeness (QED) is 0.200. The van der Waals surface area contributed by atoms with E-state index in [1.165, 1.54) is 52.8 Å². The Balaban J connectivity index is 1.32. The van der Waals surface area contributed by atoms with Crippen molar-refractivity contribution >= 4 is 80.3 Å². The van der Waals surface area contributed by atoms with Gasteiger partial charge in [0.15, 0.2) is 9.47 Å². The number of rotatable bonds is 8. The standard InChI is InChI=1S/C24H17Cl3F3N3OS3/c1-12-20(9-14-8-15(25)3-5-18(14)26)37-23(32-12)35-11-21(34)33-22-31-10-16(36-22)6-13-2-4-19(27)17(7-13)24(28,29)30/h2-5,7-8,10H,6,9,11H2,1H3,(H,31,33,34). The second kappa shape index (κ2) is 11.9. The Kier molecular flexibility index (Phi) is 9.09. The molecule has 0 aliphatic heterocycles. The van der Waals surface area contributed by atoms with Crippen molar-refractivity contribution in [1.29, 1.82) is 0 Å². The molecule has 0 spiro atoms. The van der Waals surface area contributed by atoms with E-state index in [4.69, 9.17) is 34.8 Å². The summed E-state index contributed by atoms with van der Waals surface area (Å²) in [5, 5.41) is 3.99. The molecule has 4 rings (SSSR count). The van der Waals surface area contributed by atoms with Crippen LogP contribution in [0.5, 0.6) is 0 Å². The third-order valence-corrected chi connectivity index (χ3v) is 9.22. The molecule has 4 nitrogen and oxygen atoms in total. The third kappa shape index (κ3) is 7.61. The Morgan fingerprint density at radius 2 is 1.81 bits per heavy atom. The number of aromatic nitrogens is 2. The van der Waals surface area contributed by atoms with Crippen molar-refractivity contribution in [2.45, 2.75) is 30.3 Å². The third-order valence-electron chi connectivity index (χ3n) is 5.07. The van der Waals surface area contributed by atoms with Crippen LogP contribution in [0.15, 0.2) is 46.9 Å². The lowest BCUT2D eigenvalue weighted by Gasteiger charge is -2.10. The zero-order valence-corrected chi connectivity index (χ0v) is 23.7. The molecule has 0 atom stereocenters. The highest BCUT2D eigenvalue weighted by Gasteiger charge is 2.33. The second-order valence-electron chi connectivity index (χ2n) is 7.86. The number of amides is 1. The van der Waals surface area contributed by atoms with Gasteiger partial charge in [0, 0.05) is 38.8 Å². The van der Waals surface area contributed by atoms with E-state index >= 15 is 0 Å². The van der Waals surface area contributed by atoms with E-state index in [-0.39, 0.29) is 23.1 Å². The summed E-state index contributed by atoms with van der Waals surface area (Å²) < 4.78 is 40.1. The summed E-state index contributed by atoms with van der Waals surface area (Å²) in [5.74, 6) is -0.130. The van der Waals surface area contributed by atoms with Crippen LogP contribution in [0.25, 0.3) is 0 Å². The highest BCUT2D eigenvalue weighted by Crippen LogP contribution is 2.36.